The van der Waals surface area contributed by atoms with E-state index in [-0.39, 0.29) is 11.8 Å². The third-order valence-electron chi connectivity index (χ3n) is 3.68. The number of rotatable bonds is 1. The largest absolute Gasteiger partial charge is 0.398 e. The molecule has 0 saturated carbocycles. The smallest absolute Gasteiger partial charge is 0.322 e. The number of fused-ring (bicyclic) bond motifs is 1. The summed E-state index contributed by atoms with van der Waals surface area (Å²) < 4.78 is 12.8. The number of nitrogen functional groups attached to an aromatic ring is 1. The molecule has 0 radical (unpaired) electrons. The van der Waals surface area contributed by atoms with Crippen molar-refractivity contribution in [2.24, 2.45) is 0 Å². The van der Waals surface area contributed by atoms with Crippen LogP contribution in [0.5, 0.6) is 0 Å². The molecule has 2 aromatic carbocycles. The fourth-order valence-corrected chi connectivity index (χ4v) is 2.55. The molecular weight excluding hydrogens is 269 g/mol. The Kier molecular flexibility index (Phi) is 3.48. The van der Waals surface area contributed by atoms with Crippen molar-refractivity contribution in [1.82, 2.24) is 4.90 Å². The molecule has 0 unspecified atom stereocenters. The number of carbonyl (C=O) groups is 1. The Bertz CT molecular complexity index is 670. The first-order valence-electron chi connectivity index (χ1n) is 6.81. The number of urea groups is 1. The molecule has 4 nitrogen and oxygen atoms in total. The summed E-state index contributed by atoms with van der Waals surface area (Å²) in [5, 5.41) is 2.77. The molecule has 0 aliphatic carbocycles. The normalized spacial score (nSPS) is 13.7. The average molecular weight is 285 g/mol. The third-order valence-corrected chi connectivity index (χ3v) is 3.68. The Labute approximate surface area is 122 Å². The molecule has 0 atom stereocenters. The van der Waals surface area contributed by atoms with Gasteiger partial charge in [-0.25, -0.2) is 9.18 Å². The van der Waals surface area contributed by atoms with E-state index in [1.54, 1.807) is 17.0 Å². The molecule has 0 aromatic heterocycles. The Balaban J connectivity index is 1.71. The summed E-state index contributed by atoms with van der Waals surface area (Å²) in [6.07, 6.45) is 0.749. The number of hydrogen-bond acceptors (Lipinski definition) is 2. The Morgan fingerprint density at radius 1 is 1.19 bits per heavy atom. The Morgan fingerprint density at radius 3 is 2.71 bits per heavy atom. The zero-order chi connectivity index (χ0) is 14.8. The van der Waals surface area contributed by atoms with Crippen molar-refractivity contribution < 1.29 is 9.18 Å². The molecule has 1 heterocycles. The lowest BCUT2D eigenvalue weighted by Crippen LogP contribution is -2.39. The van der Waals surface area contributed by atoms with Crippen molar-refractivity contribution >= 4 is 17.4 Å². The maximum Gasteiger partial charge on any atom is 0.322 e. The topological polar surface area (TPSA) is 58.4 Å². The molecule has 0 saturated heterocycles. The summed E-state index contributed by atoms with van der Waals surface area (Å²) in [5.74, 6) is -0.324. The van der Waals surface area contributed by atoms with Gasteiger partial charge >= 0.3 is 6.03 Å². The lowest BCUT2D eigenvalue weighted by molar-refractivity contribution is 0.206. The molecule has 2 amide bonds. The second-order valence-corrected chi connectivity index (χ2v) is 5.09. The highest BCUT2D eigenvalue weighted by Gasteiger charge is 2.21. The van der Waals surface area contributed by atoms with Crippen molar-refractivity contribution in [2.75, 3.05) is 17.6 Å². The van der Waals surface area contributed by atoms with Gasteiger partial charge in [-0.1, -0.05) is 12.1 Å². The standard InChI is InChI=1S/C16H16FN3O/c17-12-4-6-13(7-5-12)19-16(21)20-9-8-14-11(10-20)2-1-3-15(14)18/h1-7H,8-10,18H2,(H,19,21). The zero-order valence-electron chi connectivity index (χ0n) is 11.5. The number of anilines is 2. The van der Waals surface area contributed by atoms with Gasteiger partial charge in [-0.3, -0.25) is 0 Å². The van der Waals surface area contributed by atoms with Crippen LogP contribution in [0, 0.1) is 5.82 Å². The van der Waals surface area contributed by atoms with E-state index in [9.17, 15) is 9.18 Å². The van der Waals surface area contributed by atoms with Gasteiger partial charge in [-0.15, -0.1) is 0 Å². The van der Waals surface area contributed by atoms with Crippen LogP contribution in [0.1, 0.15) is 11.1 Å². The number of halogens is 1. The van der Waals surface area contributed by atoms with E-state index in [1.807, 2.05) is 18.2 Å². The van der Waals surface area contributed by atoms with Crippen LogP contribution in [0.4, 0.5) is 20.6 Å². The van der Waals surface area contributed by atoms with E-state index in [1.165, 1.54) is 12.1 Å². The van der Waals surface area contributed by atoms with Gasteiger partial charge in [0.25, 0.3) is 0 Å². The maximum atomic E-state index is 12.8. The summed E-state index contributed by atoms with van der Waals surface area (Å²) in [4.78, 5) is 14.0. The first-order chi connectivity index (χ1) is 10.1. The highest BCUT2D eigenvalue weighted by Crippen LogP contribution is 2.24. The van der Waals surface area contributed by atoms with Gasteiger partial charge < -0.3 is 16.0 Å². The highest BCUT2D eigenvalue weighted by molar-refractivity contribution is 5.89. The maximum absolute atomic E-state index is 12.8. The van der Waals surface area contributed by atoms with Crippen LogP contribution in [0.2, 0.25) is 0 Å². The fraction of sp³-hybridized carbons (Fsp3) is 0.188. The van der Waals surface area contributed by atoms with Gasteiger partial charge in [0, 0.05) is 24.5 Å². The van der Waals surface area contributed by atoms with E-state index in [0.717, 1.165) is 23.2 Å². The molecule has 108 valence electrons. The van der Waals surface area contributed by atoms with Gasteiger partial charge in [-0.05, 0) is 47.9 Å². The van der Waals surface area contributed by atoms with Gasteiger partial charge in [0.2, 0.25) is 0 Å². The lowest BCUT2D eigenvalue weighted by atomic mass is 9.98. The minimum Gasteiger partial charge on any atom is -0.398 e. The van der Waals surface area contributed by atoms with Gasteiger partial charge in [-0.2, -0.15) is 0 Å². The predicted molar refractivity (Wildman–Crippen MR) is 80.4 cm³/mol. The van der Waals surface area contributed by atoms with Crippen LogP contribution >= 0.6 is 0 Å². The SMILES string of the molecule is Nc1cccc2c1CCN(C(=O)Nc1ccc(F)cc1)C2. The van der Waals surface area contributed by atoms with Crippen LogP contribution in [-0.4, -0.2) is 17.5 Å². The zero-order valence-corrected chi connectivity index (χ0v) is 11.5. The number of nitrogens with zero attached hydrogens (tertiary/aromatic N) is 1. The van der Waals surface area contributed by atoms with E-state index in [2.05, 4.69) is 5.32 Å². The first kappa shape index (κ1) is 13.4. The molecule has 1 aliphatic heterocycles. The first-order valence-corrected chi connectivity index (χ1v) is 6.81. The highest BCUT2D eigenvalue weighted by atomic mass is 19.1. The van der Waals surface area contributed by atoms with Gasteiger partial charge in [0.05, 0.1) is 0 Å². The third kappa shape index (κ3) is 2.81. The predicted octanol–water partition coefficient (Wildman–Crippen LogP) is 3.00. The van der Waals surface area contributed by atoms with Crippen LogP contribution in [-0.2, 0) is 13.0 Å². The average Bonchev–Trinajstić information content (AvgIpc) is 2.49. The molecule has 2 aromatic rings. The van der Waals surface area contributed by atoms with Crippen molar-refractivity contribution in [2.45, 2.75) is 13.0 Å². The minimum atomic E-state index is -0.324. The van der Waals surface area contributed by atoms with E-state index in [0.29, 0.717) is 18.8 Å². The van der Waals surface area contributed by atoms with Crippen molar-refractivity contribution in [3.63, 3.8) is 0 Å². The molecular formula is C16H16FN3O. The number of amides is 2. The summed E-state index contributed by atoms with van der Waals surface area (Å²) in [6.45, 7) is 1.15. The Hall–Kier alpha value is -2.56. The Morgan fingerprint density at radius 2 is 1.95 bits per heavy atom. The second kappa shape index (κ2) is 5.44. The number of nitrogens with two attached hydrogens (primary N) is 1. The summed E-state index contributed by atoms with van der Waals surface area (Å²) in [6, 6.07) is 11.3. The minimum absolute atomic E-state index is 0.185. The quantitative estimate of drug-likeness (QED) is 0.791. The fourth-order valence-electron chi connectivity index (χ4n) is 2.55. The van der Waals surface area contributed by atoms with Crippen LogP contribution in [0.3, 0.4) is 0 Å². The van der Waals surface area contributed by atoms with E-state index >= 15 is 0 Å². The van der Waals surface area contributed by atoms with Gasteiger partial charge in [0.1, 0.15) is 5.82 Å². The lowest BCUT2D eigenvalue weighted by Gasteiger charge is -2.29. The molecule has 21 heavy (non-hydrogen) atoms. The monoisotopic (exact) mass is 285 g/mol. The molecule has 0 fully saturated rings. The van der Waals surface area contributed by atoms with Crippen LogP contribution in [0.15, 0.2) is 42.5 Å². The summed E-state index contributed by atoms with van der Waals surface area (Å²) in [7, 11) is 0. The number of benzene rings is 2. The molecule has 0 bridgehead atoms. The molecule has 5 heteroatoms. The van der Waals surface area contributed by atoms with Crippen molar-refractivity contribution in [3.8, 4) is 0 Å². The van der Waals surface area contributed by atoms with E-state index < -0.39 is 0 Å². The van der Waals surface area contributed by atoms with Crippen molar-refractivity contribution in [1.29, 1.82) is 0 Å². The molecule has 3 rings (SSSR count). The molecule has 1 aliphatic rings. The number of nitrogens with one attached hydrogen (secondary N) is 1. The van der Waals surface area contributed by atoms with E-state index in [4.69, 9.17) is 5.73 Å². The van der Waals surface area contributed by atoms with Crippen LogP contribution in [0.25, 0.3) is 0 Å². The number of carbonyl (C=O) groups excluding carboxylic acids is 1. The van der Waals surface area contributed by atoms with Crippen LogP contribution < -0.4 is 11.1 Å². The summed E-state index contributed by atoms with van der Waals surface area (Å²) in [5.41, 5.74) is 9.52. The second-order valence-electron chi connectivity index (χ2n) is 5.09. The molecule has 0 spiro atoms. The van der Waals surface area contributed by atoms with Gasteiger partial charge in [0.15, 0.2) is 0 Å². The van der Waals surface area contributed by atoms with Crippen molar-refractivity contribution in [3.05, 3.63) is 59.4 Å². The molecule has 3 N–H and O–H groups in total. The summed E-state index contributed by atoms with van der Waals surface area (Å²) >= 11 is 0. The number of hydrogen-bond donors (Lipinski definition) is 2.